The van der Waals surface area contributed by atoms with Gasteiger partial charge in [-0.15, -0.1) is 0 Å². The molecule has 1 aromatic heterocycles. The number of hydrogen-bond donors (Lipinski definition) is 4. The zero-order valence-corrected chi connectivity index (χ0v) is 15.9. The van der Waals surface area contributed by atoms with Crippen molar-refractivity contribution in [3.05, 3.63) is 12.0 Å². The smallest absolute Gasteiger partial charge is 0.290 e. The van der Waals surface area contributed by atoms with Gasteiger partial charge in [-0.1, -0.05) is 0 Å². The molecule has 0 aliphatic carbocycles. The minimum absolute atomic E-state index is 0.124. The number of carboxylic acid groups (broad SMARTS) is 2. The Morgan fingerprint density at radius 1 is 1.21 bits per heavy atom. The van der Waals surface area contributed by atoms with Gasteiger partial charge in [0.25, 0.3) is 12.9 Å². The number of rotatable bonds is 4. The molecule has 4 N–H and O–H groups in total. The van der Waals surface area contributed by atoms with Crippen LogP contribution in [0.25, 0.3) is 0 Å². The molecule has 28 heavy (non-hydrogen) atoms. The molecule has 11 nitrogen and oxygen atoms in total. The van der Waals surface area contributed by atoms with Crippen LogP contribution in [0.15, 0.2) is 6.20 Å². The largest absolute Gasteiger partial charge is 0.483 e. The highest BCUT2D eigenvalue weighted by atomic mass is 19.1. The molecule has 0 bridgehead atoms. The van der Waals surface area contributed by atoms with Crippen LogP contribution in [0, 0.1) is 5.82 Å². The molecule has 2 atom stereocenters. The van der Waals surface area contributed by atoms with Crippen LogP contribution >= 0.6 is 0 Å². The number of carbonyl (C=O) groups is 2. The lowest BCUT2D eigenvalue weighted by atomic mass is 10.1. The number of likely N-dealkylation sites (N-methyl/N-ethyl adjacent to an activating group) is 1. The number of nitrogens with one attached hydrogen (secondary N) is 2. The lowest BCUT2D eigenvalue weighted by Crippen LogP contribution is -2.54. The van der Waals surface area contributed by atoms with E-state index < -0.39 is 5.82 Å². The highest BCUT2D eigenvalue weighted by Crippen LogP contribution is 2.19. The molecular weight excluding hydrogens is 375 g/mol. The second-order valence-electron chi connectivity index (χ2n) is 6.05. The van der Waals surface area contributed by atoms with Crippen molar-refractivity contribution in [1.29, 1.82) is 0 Å². The number of piperazine rings is 1. The molecular formula is C16H27FN6O5. The van der Waals surface area contributed by atoms with E-state index in [0.717, 1.165) is 26.2 Å². The van der Waals surface area contributed by atoms with Crippen LogP contribution in [0.3, 0.4) is 0 Å². The Morgan fingerprint density at radius 3 is 2.39 bits per heavy atom. The molecule has 158 valence electrons. The first kappa shape index (κ1) is 23.5. The van der Waals surface area contributed by atoms with Crippen LogP contribution in [0.4, 0.5) is 16.2 Å². The maximum atomic E-state index is 13.4. The quantitative estimate of drug-likeness (QED) is 0.484. The predicted molar refractivity (Wildman–Crippen MR) is 100 cm³/mol. The van der Waals surface area contributed by atoms with Crippen molar-refractivity contribution < 1.29 is 28.9 Å². The van der Waals surface area contributed by atoms with Gasteiger partial charge in [-0.05, 0) is 7.05 Å². The summed E-state index contributed by atoms with van der Waals surface area (Å²) in [6.07, 6.45) is 1.18. The highest BCUT2D eigenvalue weighted by Gasteiger charge is 2.34. The molecule has 2 fully saturated rings. The van der Waals surface area contributed by atoms with Gasteiger partial charge in [-0.25, -0.2) is 9.37 Å². The average molecular weight is 402 g/mol. The second-order valence-corrected chi connectivity index (χ2v) is 6.05. The van der Waals surface area contributed by atoms with E-state index in [9.17, 15) is 4.39 Å². The molecule has 0 saturated carbocycles. The number of anilines is 2. The molecule has 2 aliphatic rings. The third-order valence-corrected chi connectivity index (χ3v) is 4.35. The minimum Gasteiger partial charge on any atom is -0.483 e. The normalized spacial score (nSPS) is 22.1. The van der Waals surface area contributed by atoms with Gasteiger partial charge in [0.15, 0.2) is 11.6 Å². The summed E-state index contributed by atoms with van der Waals surface area (Å²) in [5.74, 6) is 0.180. The van der Waals surface area contributed by atoms with E-state index in [1.807, 2.05) is 0 Å². The standard InChI is InChI=1S/C14H23FN6O.2CH2O2/c1-16-13-10(15)7-17-14(19-13)18-11-8-22-9-12(11)21-5-3-20(2)4-6-21;2*2-1-3/h7,11-12H,3-6,8-9H2,1-2H3,(H2,16,17,18,19);2*1H,(H,2,3)/t11-,12-;;/m0../s1. The van der Waals surface area contributed by atoms with Crippen molar-refractivity contribution in [2.45, 2.75) is 12.1 Å². The third kappa shape index (κ3) is 7.21. The van der Waals surface area contributed by atoms with E-state index >= 15 is 0 Å². The maximum Gasteiger partial charge on any atom is 0.290 e. The van der Waals surface area contributed by atoms with Crippen molar-refractivity contribution in [2.75, 3.05) is 64.1 Å². The molecule has 3 rings (SSSR count). The first-order valence-electron chi connectivity index (χ1n) is 8.63. The molecule has 3 heterocycles. The van der Waals surface area contributed by atoms with Gasteiger partial charge in [0.2, 0.25) is 5.95 Å². The van der Waals surface area contributed by atoms with Crippen molar-refractivity contribution in [3.8, 4) is 0 Å². The molecule has 2 saturated heterocycles. The second kappa shape index (κ2) is 12.8. The SMILES string of the molecule is CNc1nc(N[C@H]2COC[C@@H]2N2CCN(C)CC2)ncc1F.O=CO.O=CO. The monoisotopic (exact) mass is 402 g/mol. The first-order chi connectivity index (χ1) is 13.5. The minimum atomic E-state index is -0.452. The topological polar surface area (TPSA) is 140 Å². The molecule has 0 amide bonds. The summed E-state index contributed by atoms with van der Waals surface area (Å²) in [6, 6.07) is 0.430. The van der Waals surface area contributed by atoms with Crippen molar-refractivity contribution in [3.63, 3.8) is 0 Å². The van der Waals surface area contributed by atoms with Crippen molar-refractivity contribution in [1.82, 2.24) is 19.8 Å². The fraction of sp³-hybridized carbons (Fsp3) is 0.625. The van der Waals surface area contributed by atoms with Crippen LogP contribution in [-0.4, -0.2) is 108 Å². The van der Waals surface area contributed by atoms with Crippen molar-refractivity contribution in [2.24, 2.45) is 0 Å². The summed E-state index contributed by atoms with van der Waals surface area (Å²) < 4.78 is 19.1. The molecule has 12 heteroatoms. The lowest BCUT2D eigenvalue weighted by Gasteiger charge is -2.38. The zero-order valence-electron chi connectivity index (χ0n) is 15.9. The summed E-state index contributed by atoms with van der Waals surface area (Å²) in [6.45, 7) is 5.04. The van der Waals surface area contributed by atoms with Gasteiger partial charge in [0.05, 0.1) is 31.5 Å². The molecule has 2 aliphatic heterocycles. The Labute approximate surface area is 162 Å². The summed E-state index contributed by atoms with van der Waals surface area (Å²) in [5.41, 5.74) is 0. The van der Waals surface area contributed by atoms with Crippen LogP contribution in [0.1, 0.15) is 0 Å². The number of nitrogens with zero attached hydrogens (tertiary/aromatic N) is 4. The first-order valence-corrected chi connectivity index (χ1v) is 8.63. The molecule has 0 aromatic carbocycles. The van der Waals surface area contributed by atoms with Gasteiger partial charge in [0.1, 0.15) is 0 Å². The van der Waals surface area contributed by atoms with E-state index in [-0.39, 0.29) is 24.8 Å². The van der Waals surface area contributed by atoms with E-state index in [2.05, 4.69) is 37.4 Å². The zero-order chi connectivity index (χ0) is 20.9. The predicted octanol–water partition coefficient (Wildman–Crippen LogP) is -0.514. The number of halogens is 1. The highest BCUT2D eigenvalue weighted by molar-refractivity contribution is 5.41. The van der Waals surface area contributed by atoms with Gasteiger partial charge in [0, 0.05) is 33.2 Å². The van der Waals surface area contributed by atoms with Crippen LogP contribution in [0.5, 0.6) is 0 Å². The summed E-state index contributed by atoms with van der Waals surface area (Å²) in [7, 11) is 3.78. The molecule has 0 spiro atoms. The molecule has 0 radical (unpaired) electrons. The maximum absolute atomic E-state index is 13.4. The Bertz CT molecular complexity index is 597. The van der Waals surface area contributed by atoms with Gasteiger partial charge in [-0.3, -0.25) is 14.5 Å². The van der Waals surface area contributed by atoms with E-state index in [1.165, 1.54) is 6.20 Å². The number of hydrogen-bond acceptors (Lipinski definition) is 9. The summed E-state index contributed by atoms with van der Waals surface area (Å²) >= 11 is 0. The fourth-order valence-corrected chi connectivity index (χ4v) is 2.97. The number of ether oxygens (including phenoxy) is 1. The van der Waals surface area contributed by atoms with Gasteiger partial charge < -0.3 is 30.5 Å². The lowest BCUT2D eigenvalue weighted by molar-refractivity contribution is -0.123. The Kier molecular flexibility index (Phi) is 10.7. The third-order valence-electron chi connectivity index (χ3n) is 4.35. The van der Waals surface area contributed by atoms with Gasteiger partial charge >= 0.3 is 0 Å². The number of aromatic nitrogens is 2. The Hall–Kier alpha value is -2.57. The van der Waals surface area contributed by atoms with E-state index in [0.29, 0.717) is 25.2 Å². The summed E-state index contributed by atoms with van der Waals surface area (Å²) in [5, 5.41) is 19.8. The average Bonchev–Trinajstić information content (AvgIpc) is 3.13. The molecule has 0 unspecified atom stereocenters. The van der Waals surface area contributed by atoms with Gasteiger partial charge in [-0.2, -0.15) is 4.98 Å². The Balaban J connectivity index is 0.000000582. The Morgan fingerprint density at radius 2 is 1.82 bits per heavy atom. The van der Waals surface area contributed by atoms with Crippen LogP contribution in [-0.2, 0) is 14.3 Å². The van der Waals surface area contributed by atoms with Crippen LogP contribution in [0.2, 0.25) is 0 Å². The molecule has 1 aromatic rings. The van der Waals surface area contributed by atoms with Crippen LogP contribution < -0.4 is 10.6 Å². The van der Waals surface area contributed by atoms with E-state index in [1.54, 1.807) is 7.05 Å². The fourth-order valence-electron chi connectivity index (χ4n) is 2.97. The van der Waals surface area contributed by atoms with Crippen molar-refractivity contribution >= 4 is 24.7 Å². The van der Waals surface area contributed by atoms with E-state index in [4.69, 9.17) is 24.5 Å². The summed E-state index contributed by atoms with van der Waals surface area (Å²) in [4.78, 5) is 29.7.